The number of hydrogen-bond donors (Lipinski definition) is 1. The number of anilines is 2. The van der Waals surface area contributed by atoms with Crippen LogP contribution in [0.5, 0.6) is 0 Å². The molecule has 1 saturated heterocycles. The van der Waals surface area contributed by atoms with Gasteiger partial charge in [-0.05, 0) is 24.3 Å². The summed E-state index contributed by atoms with van der Waals surface area (Å²) < 4.78 is 2.26. The van der Waals surface area contributed by atoms with Gasteiger partial charge in [0, 0.05) is 32.9 Å². The summed E-state index contributed by atoms with van der Waals surface area (Å²) in [6, 6.07) is 13.4. The van der Waals surface area contributed by atoms with Gasteiger partial charge in [-0.25, -0.2) is 0 Å². The van der Waals surface area contributed by atoms with Crippen LogP contribution < -0.4 is 15.2 Å². The smallest absolute Gasteiger partial charge is 0.0838 e. The van der Waals surface area contributed by atoms with E-state index in [2.05, 4.69) is 69.5 Å². The normalized spacial score (nSPS) is 21.4. The number of piperazine rings is 1. The van der Waals surface area contributed by atoms with E-state index in [1.165, 1.54) is 17.1 Å². The number of nitrogens with one attached hydrogen (secondary N) is 1. The first kappa shape index (κ1) is 10.9. The Bertz CT molecular complexity index is 604. The number of benzene rings is 1. The average molecular weight is 254 g/mol. The van der Waals surface area contributed by atoms with E-state index in [0.717, 1.165) is 19.6 Å². The zero-order valence-electron chi connectivity index (χ0n) is 11.1. The summed E-state index contributed by atoms with van der Waals surface area (Å²) in [4.78, 5) is 2.53. The second-order valence-corrected chi connectivity index (χ2v) is 5.20. The number of fused-ring (bicyclic) bond motifs is 5. The van der Waals surface area contributed by atoms with Gasteiger partial charge in [0.25, 0.3) is 0 Å². The first-order chi connectivity index (χ1) is 9.36. The molecule has 0 bridgehead atoms. The van der Waals surface area contributed by atoms with Gasteiger partial charge in [0.15, 0.2) is 0 Å². The van der Waals surface area contributed by atoms with Crippen molar-refractivity contribution in [2.75, 3.05) is 36.6 Å². The van der Waals surface area contributed by atoms with Crippen LogP contribution >= 0.6 is 0 Å². The molecule has 4 nitrogen and oxygen atoms in total. The Balaban J connectivity index is 1.96. The van der Waals surface area contributed by atoms with Crippen molar-refractivity contribution in [1.82, 2.24) is 9.99 Å². The average Bonchev–Trinajstić information content (AvgIpc) is 2.92. The fraction of sp³-hybridized carbons (Fsp3) is 0.333. The zero-order chi connectivity index (χ0) is 12.8. The van der Waals surface area contributed by atoms with E-state index in [9.17, 15) is 0 Å². The molecule has 0 saturated carbocycles. The van der Waals surface area contributed by atoms with Crippen LogP contribution in [0.3, 0.4) is 0 Å². The van der Waals surface area contributed by atoms with Crippen LogP contribution in [0.15, 0.2) is 42.6 Å². The van der Waals surface area contributed by atoms with E-state index in [1.54, 1.807) is 0 Å². The molecule has 1 aromatic carbocycles. The second-order valence-electron chi connectivity index (χ2n) is 5.20. The van der Waals surface area contributed by atoms with Gasteiger partial charge >= 0.3 is 0 Å². The third-order valence-corrected chi connectivity index (χ3v) is 4.21. The SMILES string of the molecule is CN1c2ccccc2N2CCNCC2c2cccn21. The summed E-state index contributed by atoms with van der Waals surface area (Å²) in [5.41, 5.74) is 3.95. The third-order valence-electron chi connectivity index (χ3n) is 4.21. The first-order valence-electron chi connectivity index (χ1n) is 6.84. The highest BCUT2D eigenvalue weighted by atomic mass is 15.6. The molecule has 0 radical (unpaired) electrons. The van der Waals surface area contributed by atoms with E-state index in [4.69, 9.17) is 0 Å². The van der Waals surface area contributed by atoms with Crippen LogP contribution in [0.2, 0.25) is 0 Å². The first-order valence-corrected chi connectivity index (χ1v) is 6.84. The molecule has 4 heteroatoms. The van der Waals surface area contributed by atoms with Crippen molar-refractivity contribution in [2.24, 2.45) is 0 Å². The van der Waals surface area contributed by atoms with Gasteiger partial charge in [-0.15, -0.1) is 0 Å². The van der Waals surface area contributed by atoms with Gasteiger partial charge in [-0.2, -0.15) is 0 Å². The van der Waals surface area contributed by atoms with Crippen molar-refractivity contribution in [3.05, 3.63) is 48.3 Å². The molecule has 1 atom stereocenters. The summed E-state index contributed by atoms with van der Waals surface area (Å²) in [5.74, 6) is 0. The Morgan fingerprint density at radius 1 is 1.11 bits per heavy atom. The summed E-state index contributed by atoms with van der Waals surface area (Å²) in [6.07, 6.45) is 2.14. The molecule has 1 aromatic heterocycles. The quantitative estimate of drug-likeness (QED) is 0.776. The van der Waals surface area contributed by atoms with E-state index >= 15 is 0 Å². The van der Waals surface area contributed by atoms with Crippen LogP contribution in [0.1, 0.15) is 11.7 Å². The van der Waals surface area contributed by atoms with Crippen molar-refractivity contribution in [3.63, 3.8) is 0 Å². The lowest BCUT2D eigenvalue weighted by Crippen LogP contribution is -2.46. The highest BCUT2D eigenvalue weighted by molar-refractivity contribution is 5.73. The van der Waals surface area contributed by atoms with Crippen molar-refractivity contribution in [1.29, 1.82) is 0 Å². The summed E-state index contributed by atoms with van der Waals surface area (Å²) in [6.45, 7) is 3.11. The predicted molar refractivity (Wildman–Crippen MR) is 77.6 cm³/mol. The molecule has 19 heavy (non-hydrogen) atoms. The van der Waals surface area contributed by atoms with Crippen LogP contribution in [0.25, 0.3) is 0 Å². The lowest BCUT2D eigenvalue weighted by atomic mass is 10.1. The topological polar surface area (TPSA) is 23.4 Å². The largest absolute Gasteiger partial charge is 0.359 e. The molecule has 0 amide bonds. The van der Waals surface area contributed by atoms with Crippen LogP contribution in [-0.2, 0) is 0 Å². The van der Waals surface area contributed by atoms with Crippen LogP contribution in [0, 0.1) is 0 Å². The fourth-order valence-corrected chi connectivity index (χ4v) is 3.28. The maximum atomic E-state index is 3.51. The highest BCUT2D eigenvalue weighted by Gasteiger charge is 2.31. The number of rotatable bonds is 0. The van der Waals surface area contributed by atoms with Gasteiger partial charge in [-0.3, -0.25) is 9.69 Å². The molecule has 4 rings (SSSR count). The number of para-hydroxylation sites is 2. The summed E-state index contributed by atoms with van der Waals surface area (Å²) in [5, 5.41) is 5.75. The molecule has 3 heterocycles. The van der Waals surface area contributed by atoms with E-state index in [1.807, 2.05) is 0 Å². The Labute approximate surface area is 113 Å². The van der Waals surface area contributed by atoms with Gasteiger partial charge in [0.05, 0.1) is 23.1 Å². The molecule has 98 valence electrons. The van der Waals surface area contributed by atoms with Crippen LogP contribution in [0.4, 0.5) is 11.4 Å². The molecule has 1 unspecified atom stereocenters. The van der Waals surface area contributed by atoms with Crippen molar-refractivity contribution in [3.8, 4) is 0 Å². The van der Waals surface area contributed by atoms with Crippen molar-refractivity contribution in [2.45, 2.75) is 6.04 Å². The maximum absolute atomic E-state index is 3.51. The van der Waals surface area contributed by atoms with Crippen molar-refractivity contribution < 1.29 is 0 Å². The lowest BCUT2D eigenvalue weighted by molar-refractivity contribution is 0.476. The minimum absolute atomic E-state index is 0.412. The minimum atomic E-state index is 0.412. The van der Waals surface area contributed by atoms with Crippen LogP contribution in [-0.4, -0.2) is 31.4 Å². The molecule has 1 N–H and O–H groups in total. The Morgan fingerprint density at radius 2 is 1.95 bits per heavy atom. The molecule has 2 aromatic rings. The molecule has 0 spiro atoms. The van der Waals surface area contributed by atoms with Gasteiger partial charge in [0.2, 0.25) is 0 Å². The van der Waals surface area contributed by atoms with Crippen molar-refractivity contribution >= 4 is 11.4 Å². The van der Waals surface area contributed by atoms with Gasteiger partial charge < -0.3 is 10.2 Å². The highest BCUT2D eigenvalue weighted by Crippen LogP contribution is 2.39. The molecule has 1 fully saturated rings. The molecule has 2 aliphatic rings. The van der Waals surface area contributed by atoms with E-state index in [0.29, 0.717) is 6.04 Å². The van der Waals surface area contributed by atoms with E-state index in [-0.39, 0.29) is 0 Å². The molecular formula is C15H18N4. The Kier molecular flexibility index (Phi) is 2.32. The second kappa shape index (κ2) is 4.03. The third kappa shape index (κ3) is 1.50. The fourth-order valence-electron chi connectivity index (χ4n) is 3.28. The van der Waals surface area contributed by atoms with Gasteiger partial charge in [0.1, 0.15) is 0 Å². The molecular weight excluding hydrogens is 236 g/mol. The maximum Gasteiger partial charge on any atom is 0.0838 e. The number of hydrogen-bond acceptors (Lipinski definition) is 3. The Hall–Kier alpha value is -1.94. The lowest BCUT2D eigenvalue weighted by Gasteiger charge is -2.36. The standard InChI is InChI=1S/C15H18N4/c1-17-12-5-2-3-6-13(12)18-10-8-16-11-15(18)14-7-4-9-19(14)17/h2-7,9,15-16H,8,10-11H2,1H3. The molecule has 0 aliphatic carbocycles. The predicted octanol–water partition coefficient (Wildman–Crippen LogP) is 1.85. The van der Waals surface area contributed by atoms with Gasteiger partial charge in [-0.1, -0.05) is 12.1 Å². The minimum Gasteiger partial charge on any atom is -0.359 e. The number of nitrogens with zero attached hydrogens (tertiary/aromatic N) is 3. The Morgan fingerprint density at radius 3 is 2.84 bits per heavy atom. The molecule has 2 aliphatic heterocycles. The summed E-state index contributed by atoms with van der Waals surface area (Å²) >= 11 is 0. The van der Waals surface area contributed by atoms with E-state index < -0.39 is 0 Å². The summed E-state index contributed by atoms with van der Waals surface area (Å²) in [7, 11) is 2.13. The number of aromatic nitrogens is 1. The zero-order valence-corrected chi connectivity index (χ0v) is 11.1. The monoisotopic (exact) mass is 254 g/mol.